The summed E-state index contributed by atoms with van der Waals surface area (Å²) in [5.41, 5.74) is 23.5. The molecule has 0 atom stereocenters. The molecule has 0 aliphatic heterocycles. The highest BCUT2D eigenvalue weighted by molar-refractivity contribution is 5.80. The van der Waals surface area contributed by atoms with Gasteiger partial charge in [-0.3, -0.25) is 14.4 Å². The van der Waals surface area contributed by atoms with Crippen molar-refractivity contribution in [3.63, 3.8) is 0 Å². The Labute approximate surface area is 649 Å². The van der Waals surface area contributed by atoms with Crippen LogP contribution in [0.15, 0.2) is 370 Å². The third kappa shape index (κ3) is 27.2. The van der Waals surface area contributed by atoms with Crippen LogP contribution in [0.2, 0.25) is 0 Å². The summed E-state index contributed by atoms with van der Waals surface area (Å²) in [4.78, 5) is 35.7. The van der Waals surface area contributed by atoms with E-state index in [0.29, 0.717) is 82.8 Å². The van der Waals surface area contributed by atoms with Gasteiger partial charge >= 0.3 is 5.97 Å². The molecule has 111 heavy (non-hydrogen) atoms. The number of carboxylic acid groups (broad SMARTS) is 1. The van der Waals surface area contributed by atoms with Crippen molar-refractivity contribution in [2.45, 2.75) is 71.9 Å². The zero-order chi connectivity index (χ0) is 76.9. The van der Waals surface area contributed by atoms with Gasteiger partial charge in [0.25, 0.3) is 0 Å². The average molecular weight is 1470 g/mol. The maximum absolute atomic E-state index is 12.8. The number of hydrogen-bond donors (Lipinski definition) is 5. The molecule has 0 unspecified atom stereocenters. The van der Waals surface area contributed by atoms with Gasteiger partial charge in [0.1, 0.15) is 67.5 Å². The second kappa shape index (κ2) is 42.6. The van der Waals surface area contributed by atoms with Crippen molar-refractivity contribution < 1.29 is 48.3 Å². The van der Waals surface area contributed by atoms with Crippen LogP contribution in [0.4, 0.5) is 0 Å². The number of benzene rings is 14. The molecule has 2 amide bonds. The number of aliphatic carboxylic acids is 1. The van der Waals surface area contributed by atoms with Crippen LogP contribution in [-0.4, -0.2) is 28.0 Å². The van der Waals surface area contributed by atoms with E-state index in [1.165, 1.54) is 0 Å². The number of amides is 2. The number of ether oxygens (including phenoxy) is 5. The molecule has 0 spiro atoms. The second-order valence-corrected chi connectivity index (χ2v) is 26.2. The van der Waals surface area contributed by atoms with Gasteiger partial charge < -0.3 is 50.3 Å². The lowest BCUT2D eigenvalue weighted by atomic mass is 10.0. The van der Waals surface area contributed by atoms with Crippen LogP contribution < -0.4 is 40.1 Å². The highest BCUT2D eigenvalue weighted by atomic mass is 16.5. The van der Waals surface area contributed by atoms with Crippen LogP contribution in [0.25, 0.3) is 33.4 Å². The molecule has 14 aromatic rings. The van der Waals surface area contributed by atoms with Gasteiger partial charge in [0.15, 0.2) is 0 Å². The molecule has 0 saturated heterocycles. The summed E-state index contributed by atoms with van der Waals surface area (Å²) < 4.78 is 29.7. The molecule has 0 aliphatic rings. The molecular weight excluding hydrogens is 1380 g/mol. The number of phenolic OH excluding ortho intramolecular Hbond substituents is 1. The number of aromatic hydroxyl groups is 1. The number of nitrogens with one attached hydrogen (secondary N) is 2. The smallest absolute Gasteiger partial charge is 0.307 e. The van der Waals surface area contributed by atoms with Crippen LogP contribution in [-0.2, 0) is 86.3 Å². The van der Waals surface area contributed by atoms with Crippen molar-refractivity contribution in [2.24, 2.45) is 5.73 Å². The van der Waals surface area contributed by atoms with E-state index in [9.17, 15) is 19.5 Å². The summed E-state index contributed by atoms with van der Waals surface area (Å²) in [6, 6.07) is 121. The lowest BCUT2D eigenvalue weighted by molar-refractivity contribution is -0.136. The number of rotatable bonds is 29. The Hall–Kier alpha value is -13.8. The minimum atomic E-state index is -0.799. The van der Waals surface area contributed by atoms with Crippen LogP contribution in [0.3, 0.4) is 0 Å². The topological polar surface area (TPSA) is 188 Å². The predicted octanol–water partition coefficient (Wildman–Crippen LogP) is 20.2. The number of carbonyl (C=O) groups is 3. The maximum atomic E-state index is 12.8. The van der Waals surface area contributed by atoms with Crippen molar-refractivity contribution in [1.82, 2.24) is 10.6 Å². The summed E-state index contributed by atoms with van der Waals surface area (Å²) in [7, 11) is 0. The Kier molecular flexibility index (Phi) is 30.0. The van der Waals surface area contributed by atoms with Gasteiger partial charge in [-0.1, -0.05) is 315 Å². The summed E-state index contributed by atoms with van der Waals surface area (Å²) in [5.74, 6) is 2.70. The Morgan fingerprint density at radius 1 is 0.252 bits per heavy atom. The summed E-state index contributed by atoms with van der Waals surface area (Å²) in [6.45, 7) is 3.50. The van der Waals surface area contributed by atoms with Gasteiger partial charge in [0.05, 0.1) is 19.3 Å². The first-order chi connectivity index (χ1) is 54.4. The molecule has 14 aromatic carbocycles. The largest absolute Gasteiger partial charge is 0.508 e. The molecule has 0 heterocycles. The predicted molar refractivity (Wildman–Crippen MR) is 441 cm³/mol. The Balaban J connectivity index is 0.000000153. The van der Waals surface area contributed by atoms with E-state index >= 15 is 0 Å². The normalized spacial score (nSPS) is 10.4. The number of hydrogen-bond acceptors (Lipinski definition) is 10. The van der Waals surface area contributed by atoms with E-state index in [4.69, 9.17) is 34.5 Å². The zero-order valence-corrected chi connectivity index (χ0v) is 61.7. The molecule has 6 N–H and O–H groups in total. The highest BCUT2D eigenvalue weighted by Gasteiger charge is 2.12. The lowest BCUT2D eigenvalue weighted by Gasteiger charge is -2.13. The fourth-order valence-electron chi connectivity index (χ4n) is 11.8. The van der Waals surface area contributed by atoms with Gasteiger partial charge in [-0.15, -0.1) is 0 Å². The maximum Gasteiger partial charge on any atom is 0.307 e. The number of carboxylic acids is 1. The third-order valence-corrected chi connectivity index (χ3v) is 17.6. The molecular formula is C98H89N3O10. The van der Waals surface area contributed by atoms with Gasteiger partial charge in [0.2, 0.25) is 11.8 Å². The molecule has 0 fully saturated rings. The lowest BCUT2D eigenvalue weighted by Crippen LogP contribution is -2.24. The molecule has 0 saturated carbocycles. The van der Waals surface area contributed by atoms with Crippen LogP contribution in [0.5, 0.6) is 34.5 Å². The molecule has 14 rings (SSSR count). The summed E-state index contributed by atoms with van der Waals surface area (Å²) >= 11 is 0. The first kappa shape index (κ1) is 78.3. The molecule has 13 nitrogen and oxygen atoms in total. The van der Waals surface area contributed by atoms with E-state index in [2.05, 4.69) is 47.0 Å². The average Bonchev–Trinajstić information content (AvgIpc) is 0.879. The molecule has 0 aliphatic carbocycles. The van der Waals surface area contributed by atoms with Crippen molar-refractivity contribution in [3.8, 4) is 67.9 Å². The SMILES string of the molecule is NCc1cc(OCc2ccccc2)cc(OCc2ccccc2)c1.O=C(Cc1ccc(-c2ccccc2)cc1)NCc1cc(O)cc(OCc2ccccc2)c1.O=C(Cc1ccc(-c2ccccc2)cc1)NCc1cc(OCc2ccccc2)cc(OCc2ccccc2)c1.O=C(O)Cc1ccc(-c2ccccc2)cc1. The van der Waals surface area contributed by atoms with E-state index in [-0.39, 0.29) is 24.0 Å². The van der Waals surface area contributed by atoms with Crippen molar-refractivity contribution in [3.05, 3.63) is 431 Å². The monoisotopic (exact) mass is 1470 g/mol. The molecule has 0 aromatic heterocycles. The minimum absolute atomic E-state index is 0.0372. The third-order valence-electron chi connectivity index (χ3n) is 17.6. The van der Waals surface area contributed by atoms with E-state index in [0.717, 1.165) is 106 Å². The number of carbonyl (C=O) groups excluding carboxylic acids is 2. The van der Waals surface area contributed by atoms with E-state index in [1.807, 2.05) is 322 Å². The highest BCUT2D eigenvalue weighted by Crippen LogP contribution is 2.29. The first-order valence-corrected chi connectivity index (χ1v) is 36.8. The van der Waals surface area contributed by atoms with E-state index in [1.54, 1.807) is 12.1 Å². The molecule has 556 valence electrons. The van der Waals surface area contributed by atoms with Crippen molar-refractivity contribution in [1.29, 1.82) is 0 Å². The second-order valence-electron chi connectivity index (χ2n) is 26.2. The Morgan fingerprint density at radius 2 is 0.486 bits per heavy atom. The number of phenols is 1. The molecule has 0 bridgehead atoms. The number of nitrogens with two attached hydrogens (primary N) is 1. The quantitative estimate of drug-likeness (QED) is 0.0300. The standard InChI is InChI=1S/C35H31NO3.C28H25NO3.C21H21NO2.C14H12O2/c37-35(22-27-16-18-32(19-17-27)31-14-8-3-9-15-31)36-24-30-20-33(38-25-28-10-4-1-5-11-28)23-34(21-30)39-26-29-12-6-2-7-13-29;30-26-15-23(16-27(18-26)32-20-22-7-3-1-4-8-22)19-29-28(31)17-21-11-13-25(14-12-21)24-9-5-2-6-10-24;22-14-19-11-20(23-15-17-7-3-1-4-8-17)13-21(12-19)24-16-18-9-5-2-6-10-18;15-14(16)10-11-6-8-13(9-7-11)12-4-2-1-3-5-12/h1-21,23H,22,24-26H2,(H,36,37);1-16,18,30H,17,19-20H2,(H,29,31);1-13H,14-16,22H2;1-9H,10H2,(H,15,16). The summed E-state index contributed by atoms with van der Waals surface area (Å²) in [6.07, 6.45) is 0.691. The fraction of sp³-hybridized carbons (Fsp3) is 0.112. The van der Waals surface area contributed by atoms with Crippen molar-refractivity contribution >= 4 is 17.8 Å². The van der Waals surface area contributed by atoms with Gasteiger partial charge in [-0.25, -0.2) is 0 Å². The van der Waals surface area contributed by atoms with Crippen LogP contribution in [0, 0.1) is 0 Å². The first-order valence-electron chi connectivity index (χ1n) is 36.8. The zero-order valence-electron chi connectivity index (χ0n) is 61.7. The Bertz CT molecular complexity index is 4980. The van der Waals surface area contributed by atoms with Crippen molar-refractivity contribution in [2.75, 3.05) is 0 Å². The molecule has 13 heteroatoms. The molecule has 0 radical (unpaired) electrons. The summed E-state index contributed by atoms with van der Waals surface area (Å²) in [5, 5.41) is 24.6. The Morgan fingerprint density at radius 3 is 0.757 bits per heavy atom. The van der Waals surface area contributed by atoms with Crippen LogP contribution >= 0.6 is 0 Å². The van der Waals surface area contributed by atoms with Gasteiger partial charge in [0, 0.05) is 37.8 Å². The minimum Gasteiger partial charge on any atom is -0.508 e. The van der Waals surface area contributed by atoms with Gasteiger partial charge in [-0.05, 0) is 131 Å². The van der Waals surface area contributed by atoms with Crippen LogP contribution in [0.1, 0.15) is 61.2 Å². The van der Waals surface area contributed by atoms with Gasteiger partial charge in [-0.2, -0.15) is 0 Å². The van der Waals surface area contributed by atoms with E-state index < -0.39 is 5.97 Å². The fourth-order valence-corrected chi connectivity index (χ4v) is 11.8.